The highest BCUT2D eigenvalue weighted by molar-refractivity contribution is 8.26. The zero-order valence-electron chi connectivity index (χ0n) is 15.1. The quantitative estimate of drug-likeness (QED) is 0.583. The van der Waals surface area contributed by atoms with Crippen molar-refractivity contribution in [2.75, 3.05) is 24.5 Å². The molecule has 0 aliphatic carbocycles. The fraction of sp³-hybridized carbons (Fsp3) is 0.368. The molecule has 0 aromatic carbocycles. The van der Waals surface area contributed by atoms with E-state index >= 15 is 0 Å². The highest BCUT2D eigenvalue weighted by Crippen LogP contribution is 2.33. The lowest BCUT2D eigenvalue weighted by Gasteiger charge is -2.29. The lowest BCUT2D eigenvalue weighted by molar-refractivity contribution is -0.121. The number of piperidine rings is 1. The van der Waals surface area contributed by atoms with Gasteiger partial charge in [-0.2, -0.15) is 0 Å². The number of aromatic nitrogens is 2. The molecule has 2 saturated heterocycles. The highest BCUT2D eigenvalue weighted by atomic mass is 32.2. The predicted molar refractivity (Wildman–Crippen MR) is 113 cm³/mol. The van der Waals surface area contributed by atoms with Gasteiger partial charge >= 0.3 is 0 Å². The zero-order valence-corrected chi connectivity index (χ0v) is 16.7. The molecule has 2 aliphatic rings. The number of pyridine rings is 1. The van der Waals surface area contributed by atoms with Crippen LogP contribution in [0.3, 0.4) is 0 Å². The van der Waals surface area contributed by atoms with Crippen molar-refractivity contribution < 1.29 is 4.79 Å². The van der Waals surface area contributed by atoms with Gasteiger partial charge in [-0.05, 0) is 44.4 Å². The van der Waals surface area contributed by atoms with Crippen LogP contribution in [-0.4, -0.2) is 44.1 Å². The van der Waals surface area contributed by atoms with Crippen molar-refractivity contribution in [3.63, 3.8) is 0 Å². The summed E-state index contributed by atoms with van der Waals surface area (Å²) in [4.78, 5) is 34.8. The van der Waals surface area contributed by atoms with E-state index in [1.165, 1.54) is 22.6 Å². The van der Waals surface area contributed by atoms with Crippen LogP contribution in [-0.2, 0) is 4.79 Å². The van der Waals surface area contributed by atoms with E-state index in [1.54, 1.807) is 23.2 Å². The number of hydrogen-bond donors (Lipinski definition) is 0. The van der Waals surface area contributed by atoms with Crippen LogP contribution in [0.5, 0.6) is 0 Å². The topological polar surface area (TPSA) is 57.9 Å². The van der Waals surface area contributed by atoms with Gasteiger partial charge in [0.25, 0.3) is 11.5 Å². The molecule has 0 atom stereocenters. The van der Waals surface area contributed by atoms with E-state index in [1.807, 2.05) is 19.1 Å². The van der Waals surface area contributed by atoms with E-state index < -0.39 is 0 Å². The second-order valence-corrected chi connectivity index (χ2v) is 8.23. The standard InChI is InChI=1S/C19H20N4O2S2/c1-2-22-18(25)14(27-19(22)26)12-13-16(21-9-5-3-6-10-21)20-15-8-4-7-11-23(15)17(13)24/h4,7-8,11-12H,2-3,5-6,9-10H2,1H3/b14-12-. The minimum absolute atomic E-state index is 0.144. The Morgan fingerprint density at radius 1 is 1.22 bits per heavy atom. The van der Waals surface area contributed by atoms with Crippen molar-refractivity contribution in [2.24, 2.45) is 0 Å². The van der Waals surface area contributed by atoms with Gasteiger partial charge < -0.3 is 4.90 Å². The molecule has 0 N–H and O–H groups in total. The Kier molecular flexibility index (Phi) is 5.01. The van der Waals surface area contributed by atoms with Gasteiger partial charge in [-0.1, -0.05) is 30.0 Å². The normalized spacial score (nSPS) is 19.5. The Morgan fingerprint density at radius 2 is 2.00 bits per heavy atom. The third-order valence-corrected chi connectivity index (χ3v) is 6.25. The number of likely N-dealkylation sites (N-methyl/N-ethyl adjacent to an activating group) is 1. The van der Waals surface area contributed by atoms with Gasteiger partial charge in [0, 0.05) is 25.8 Å². The molecule has 8 heteroatoms. The first-order valence-corrected chi connectivity index (χ1v) is 10.3. The van der Waals surface area contributed by atoms with Crippen molar-refractivity contribution in [3.8, 4) is 0 Å². The van der Waals surface area contributed by atoms with E-state index in [-0.39, 0.29) is 11.5 Å². The molecule has 2 aliphatic heterocycles. The van der Waals surface area contributed by atoms with Crippen molar-refractivity contribution in [1.82, 2.24) is 14.3 Å². The highest BCUT2D eigenvalue weighted by Gasteiger charge is 2.31. The number of nitrogens with zero attached hydrogens (tertiary/aromatic N) is 4. The lowest BCUT2D eigenvalue weighted by Crippen LogP contribution is -2.33. The van der Waals surface area contributed by atoms with Crippen molar-refractivity contribution in [2.45, 2.75) is 26.2 Å². The van der Waals surface area contributed by atoms with Gasteiger partial charge in [-0.3, -0.25) is 18.9 Å². The summed E-state index contributed by atoms with van der Waals surface area (Å²) in [5.41, 5.74) is 0.904. The summed E-state index contributed by atoms with van der Waals surface area (Å²) in [6.07, 6.45) is 6.72. The average Bonchev–Trinajstić information content (AvgIpc) is 2.97. The molecule has 2 fully saturated rings. The van der Waals surface area contributed by atoms with Crippen LogP contribution in [0.15, 0.2) is 34.1 Å². The van der Waals surface area contributed by atoms with E-state index in [4.69, 9.17) is 17.2 Å². The number of thioether (sulfide) groups is 1. The Hall–Kier alpha value is -2.19. The number of carbonyl (C=O) groups is 1. The predicted octanol–water partition coefficient (Wildman–Crippen LogP) is 2.91. The van der Waals surface area contributed by atoms with Gasteiger partial charge in [0.05, 0.1) is 10.5 Å². The van der Waals surface area contributed by atoms with Crippen LogP contribution in [0, 0.1) is 0 Å². The average molecular weight is 401 g/mol. The third kappa shape index (κ3) is 3.27. The molecule has 4 rings (SSSR count). The third-order valence-electron chi connectivity index (χ3n) is 4.87. The van der Waals surface area contributed by atoms with Crippen molar-refractivity contribution in [1.29, 1.82) is 0 Å². The molecule has 0 radical (unpaired) electrons. The molecular weight excluding hydrogens is 380 g/mol. The molecule has 27 heavy (non-hydrogen) atoms. The van der Waals surface area contributed by atoms with Crippen LogP contribution in [0.2, 0.25) is 0 Å². The fourth-order valence-corrected chi connectivity index (χ4v) is 4.83. The summed E-state index contributed by atoms with van der Waals surface area (Å²) in [5, 5.41) is 0. The lowest BCUT2D eigenvalue weighted by atomic mass is 10.1. The van der Waals surface area contributed by atoms with Gasteiger partial charge in [-0.15, -0.1) is 0 Å². The number of thiocarbonyl (C=S) groups is 1. The maximum absolute atomic E-state index is 13.2. The molecule has 0 saturated carbocycles. The summed E-state index contributed by atoms with van der Waals surface area (Å²) in [7, 11) is 0. The maximum Gasteiger partial charge on any atom is 0.267 e. The van der Waals surface area contributed by atoms with Gasteiger partial charge in [0.1, 0.15) is 15.8 Å². The first-order chi connectivity index (χ1) is 13.1. The van der Waals surface area contributed by atoms with Crippen molar-refractivity contribution >= 4 is 51.7 Å². The Balaban J connectivity index is 1.89. The van der Waals surface area contributed by atoms with Gasteiger partial charge in [0.2, 0.25) is 0 Å². The molecular formula is C19H20N4O2S2. The summed E-state index contributed by atoms with van der Waals surface area (Å²) < 4.78 is 2.06. The number of rotatable bonds is 3. The first-order valence-electron chi connectivity index (χ1n) is 9.12. The molecule has 2 aromatic heterocycles. The minimum Gasteiger partial charge on any atom is -0.356 e. The fourth-order valence-electron chi connectivity index (χ4n) is 3.47. The molecule has 1 amide bonds. The van der Waals surface area contributed by atoms with Crippen molar-refractivity contribution in [3.05, 3.63) is 45.2 Å². The molecule has 0 unspecified atom stereocenters. The number of amides is 1. The molecule has 140 valence electrons. The molecule has 6 nitrogen and oxygen atoms in total. The summed E-state index contributed by atoms with van der Waals surface area (Å²) in [5.74, 6) is 0.516. The Bertz CT molecular complexity index is 1010. The summed E-state index contributed by atoms with van der Waals surface area (Å²) in [6.45, 7) is 4.15. The van der Waals surface area contributed by atoms with Crippen LogP contribution in [0.25, 0.3) is 11.7 Å². The van der Waals surface area contributed by atoms with E-state index in [0.29, 0.717) is 32.8 Å². The van der Waals surface area contributed by atoms with Crippen LogP contribution in [0.1, 0.15) is 31.7 Å². The molecule has 2 aromatic rings. The van der Waals surface area contributed by atoms with Crippen LogP contribution >= 0.6 is 24.0 Å². The van der Waals surface area contributed by atoms with Crippen LogP contribution < -0.4 is 10.5 Å². The SMILES string of the molecule is CCN1C(=O)/C(=C/c2c(N3CCCCC3)nc3ccccn3c2=O)SC1=S. The van der Waals surface area contributed by atoms with Gasteiger partial charge in [0.15, 0.2) is 0 Å². The maximum atomic E-state index is 13.2. The van der Waals surface area contributed by atoms with Crippen LogP contribution in [0.4, 0.5) is 5.82 Å². The van der Waals surface area contributed by atoms with Gasteiger partial charge in [-0.25, -0.2) is 4.98 Å². The Labute approximate surface area is 166 Å². The number of carbonyl (C=O) groups excluding carboxylic acids is 1. The largest absolute Gasteiger partial charge is 0.356 e. The molecule has 0 bridgehead atoms. The second kappa shape index (κ2) is 7.44. The summed E-state index contributed by atoms with van der Waals surface area (Å²) >= 11 is 6.54. The monoisotopic (exact) mass is 400 g/mol. The molecule has 4 heterocycles. The second-order valence-electron chi connectivity index (χ2n) is 6.56. The molecule has 0 spiro atoms. The van der Waals surface area contributed by atoms with E-state index in [9.17, 15) is 9.59 Å². The zero-order chi connectivity index (χ0) is 19.0. The number of anilines is 1. The summed E-state index contributed by atoms with van der Waals surface area (Å²) in [6, 6.07) is 5.50. The minimum atomic E-state index is -0.164. The van der Waals surface area contributed by atoms with E-state index in [0.717, 1.165) is 25.9 Å². The van der Waals surface area contributed by atoms with E-state index in [2.05, 4.69) is 4.90 Å². The Morgan fingerprint density at radius 3 is 2.70 bits per heavy atom. The smallest absolute Gasteiger partial charge is 0.267 e. The first kappa shape index (κ1) is 18.2. The number of hydrogen-bond acceptors (Lipinski definition) is 6. The number of fused-ring (bicyclic) bond motifs is 1.